The Labute approximate surface area is 175 Å². The van der Waals surface area contributed by atoms with Crippen LogP contribution in [0.25, 0.3) is 10.9 Å². The van der Waals surface area contributed by atoms with E-state index in [9.17, 15) is 8.42 Å². The number of nitrogens with zero attached hydrogens (tertiary/aromatic N) is 3. The molecule has 1 saturated heterocycles. The standard InChI is InChI=1S/C20H21Cl2N3O2S/c1-2-23-8-10-24(11-9-23)20-14-25(19-7-6-16(22)13-18(19)20)28(26,27)17-5-3-4-15(21)12-17/h3-7,12-14H,2,8-11H2,1H3. The lowest BCUT2D eigenvalue weighted by molar-refractivity contribution is 0.271. The number of hydrogen-bond donors (Lipinski definition) is 0. The number of benzene rings is 2. The van der Waals surface area contributed by atoms with Crippen molar-refractivity contribution in [1.82, 2.24) is 8.87 Å². The van der Waals surface area contributed by atoms with Gasteiger partial charge in [-0.05, 0) is 42.9 Å². The second-order valence-corrected chi connectivity index (χ2v) is 9.54. The van der Waals surface area contributed by atoms with Crippen molar-refractivity contribution in [3.8, 4) is 0 Å². The normalized spacial score (nSPS) is 16.0. The van der Waals surface area contributed by atoms with Gasteiger partial charge in [-0.15, -0.1) is 0 Å². The van der Waals surface area contributed by atoms with Crippen LogP contribution < -0.4 is 4.90 Å². The van der Waals surface area contributed by atoms with Crippen LogP contribution in [0.2, 0.25) is 10.0 Å². The van der Waals surface area contributed by atoms with Crippen molar-refractivity contribution in [2.24, 2.45) is 0 Å². The second-order valence-electron chi connectivity index (χ2n) is 6.86. The van der Waals surface area contributed by atoms with Gasteiger partial charge in [0.1, 0.15) is 0 Å². The first-order chi connectivity index (χ1) is 13.4. The Hall–Kier alpha value is -1.73. The van der Waals surface area contributed by atoms with E-state index < -0.39 is 10.0 Å². The third-order valence-electron chi connectivity index (χ3n) is 5.22. The van der Waals surface area contributed by atoms with E-state index in [0.717, 1.165) is 43.8 Å². The molecule has 4 rings (SSSR count). The number of rotatable bonds is 4. The largest absolute Gasteiger partial charge is 0.367 e. The van der Waals surface area contributed by atoms with Crippen LogP contribution in [0.4, 0.5) is 5.69 Å². The maximum absolute atomic E-state index is 13.3. The van der Waals surface area contributed by atoms with E-state index in [0.29, 0.717) is 15.6 Å². The highest BCUT2D eigenvalue weighted by Crippen LogP contribution is 2.34. The van der Waals surface area contributed by atoms with Crippen molar-refractivity contribution in [2.45, 2.75) is 11.8 Å². The summed E-state index contributed by atoms with van der Waals surface area (Å²) in [7, 11) is -3.78. The molecule has 1 fully saturated rings. The Kier molecular flexibility index (Phi) is 5.31. The number of hydrogen-bond acceptors (Lipinski definition) is 4. The molecule has 0 bridgehead atoms. The maximum atomic E-state index is 13.3. The summed E-state index contributed by atoms with van der Waals surface area (Å²) >= 11 is 12.3. The minimum absolute atomic E-state index is 0.161. The lowest BCUT2D eigenvalue weighted by Crippen LogP contribution is -2.46. The summed E-state index contributed by atoms with van der Waals surface area (Å²) < 4.78 is 28.0. The third kappa shape index (κ3) is 3.50. The summed E-state index contributed by atoms with van der Waals surface area (Å²) in [5.41, 5.74) is 1.50. The number of piperazine rings is 1. The Balaban J connectivity index is 1.84. The zero-order chi connectivity index (χ0) is 19.9. The van der Waals surface area contributed by atoms with E-state index in [1.807, 2.05) is 6.07 Å². The summed E-state index contributed by atoms with van der Waals surface area (Å²) in [6.45, 7) is 6.76. The van der Waals surface area contributed by atoms with E-state index in [4.69, 9.17) is 23.2 Å². The van der Waals surface area contributed by atoms with Gasteiger partial charge in [0, 0.05) is 47.8 Å². The first-order valence-corrected chi connectivity index (χ1v) is 11.4. The molecule has 0 spiro atoms. The molecule has 3 aromatic rings. The van der Waals surface area contributed by atoms with Gasteiger partial charge in [-0.3, -0.25) is 0 Å². The Morgan fingerprint density at radius 3 is 2.36 bits per heavy atom. The lowest BCUT2D eigenvalue weighted by Gasteiger charge is -2.35. The zero-order valence-electron chi connectivity index (χ0n) is 15.5. The second kappa shape index (κ2) is 7.59. The van der Waals surface area contributed by atoms with Crippen molar-refractivity contribution in [2.75, 3.05) is 37.6 Å². The smallest absolute Gasteiger partial charge is 0.268 e. The van der Waals surface area contributed by atoms with Gasteiger partial charge in [0.05, 0.1) is 16.1 Å². The van der Waals surface area contributed by atoms with Crippen molar-refractivity contribution in [1.29, 1.82) is 0 Å². The summed E-state index contributed by atoms with van der Waals surface area (Å²) in [5, 5.41) is 1.80. The number of anilines is 1. The average Bonchev–Trinajstić information content (AvgIpc) is 3.07. The monoisotopic (exact) mass is 437 g/mol. The SMILES string of the molecule is CCN1CCN(c2cn(S(=O)(=O)c3cccc(Cl)c3)c3ccc(Cl)cc23)CC1. The van der Waals surface area contributed by atoms with Gasteiger partial charge in [-0.25, -0.2) is 12.4 Å². The molecule has 148 valence electrons. The Morgan fingerprint density at radius 2 is 1.68 bits per heavy atom. The molecule has 0 unspecified atom stereocenters. The number of fused-ring (bicyclic) bond motifs is 1. The molecular formula is C20H21Cl2N3O2S. The van der Waals surface area contributed by atoms with Crippen LogP contribution in [0.5, 0.6) is 0 Å². The molecule has 0 radical (unpaired) electrons. The predicted octanol–water partition coefficient (Wildman–Crippen LogP) is 4.33. The van der Waals surface area contributed by atoms with Gasteiger partial charge in [-0.2, -0.15) is 0 Å². The van der Waals surface area contributed by atoms with Crippen molar-refractivity contribution < 1.29 is 8.42 Å². The van der Waals surface area contributed by atoms with Crippen LogP contribution in [0.3, 0.4) is 0 Å². The minimum atomic E-state index is -3.78. The van der Waals surface area contributed by atoms with Crippen LogP contribution in [0, 0.1) is 0 Å². The highest BCUT2D eigenvalue weighted by atomic mass is 35.5. The van der Waals surface area contributed by atoms with Crippen molar-refractivity contribution in [3.63, 3.8) is 0 Å². The van der Waals surface area contributed by atoms with Crippen LogP contribution in [0.15, 0.2) is 53.6 Å². The highest BCUT2D eigenvalue weighted by Gasteiger charge is 2.25. The molecule has 0 saturated carbocycles. The minimum Gasteiger partial charge on any atom is -0.367 e. The fourth-order valence-corrected chi connectivity index (χ4v) is 5.49. The predicted molar refractivity (Wildman–Crippen MR) is 115 cm³/mol. The van der Waals surface area contributed by atoms with E-state index >= 15 is 0 Å². The van der Waals surface area contributed by atoms with Crippen molar-refractivity contribution >= 4 is 49.8 Å². The van der Waals surface area contributed by atoms with Gasteiger partial charge in [0.25, 0.3) is 10.0 Å². The lowest BCUT2D eigenvalue weighted by atomic mass is 10.2. The summed E-state index contributed by atoms with van der Waals surface area (Å²) in [4.78, 5) is 4.77. The molecule has 1 aromatic heterocycles. The quantitative estimate of drug-likeness (QED) is 0.609. The molecule has 0 atom stereocenters. The molecule has 28 heavy (non-hydrogen) atoms. The number of halogens is 2. The van der Waals surface area contributed by atoms with E-state index in [-0.39, 0.29) is 4.90 Å². The fraction of sp³-hybridized carbons (Fsp3) is 0.300. The van der Waals surface area contributed by atoms with E-state index in [1.54, 1.807) is 36.5 Å². The van der Waals surface area contributed by atoms with Gasteiger partial charge in [-0.1, -0.05) is 36.2 Å². The Morgan fingerprint density at radius 1 is 0.964 bits per heavy atom. The highest BCUT2D eigenvalue weighted by molar-refractivity contribution is 7.90. The first-order valence-electron chi connectivity index (χ1n) is 9.19. The molecule has 5 nitrogen and oxygen atoms in total. The first kappa shape index (κ1) is 19.6. The molecule has 8 heteroatoms. The maximum Gasteiger partial charge on any atom is 0.268 e. The summed E-state index contributed by atoms with van der Waals surface area (Å²) in [6, 6.07) is 11.6. The Bertz CT molecular complexity index is 1120. The number of aromatic nitrogens is 1. The molecule has 1 aliphatic heterocycles. The molecule has 2 heterocycles. The van der Waals surface area contributed by atoms with Gasteiger partial charge >= 0.3 is 0 Å². The van der Waals surface area contributed by atoms with Crippen LogP contribution >= 0.6 is 23.2 Å². The van der Waals surface area contributed by atoms with Crippen LogP contribution in [-0.4, -0.2) is 50.0 Å². The average molecular weight is 438 g/mol. The van der Waals surface area contributed by atoms with Gasteiger partial charge in [0.15, 0.2) is 0 Å². The van der Waals surface area contributed by atoms with E-state index in [2.05, 4.69) is 16.7 Å². The van der Waals surface area contributed by atoms with E-state index in [1.165, 1.54) is 10.0 Å². The molecule has 1 aliphatic rings. The fourth-order valence-electron chi connectivity index (χ4n) is 3.65. The molecule has 0 N–H and O–H groups in total. The molecule has 0 amide bonds. The summed E-state index contributed by atoms with van der Waals surface area (Å²) in [6.07, 6.45) is 1.71. The van der Waals surface area contributed by atoms with Gasteiger partial charge < -0.3 is 9.80 Å². The molecular weight excluding hydrogens is 417 g/mol. The molecule has 2 aromatic carbocycles. The molecule has 0 aliphatic carbocycles. The third-order valence-corrected chi connectivity index (χ3v) is 7.36. The van der Waals surface area contributed by atoms with Crippen LogP contribution in [-0.2, 0) is 10.0 Å². The van der Waals surface area contributed by atoms with Crippen molar-refractivity contribution in [3.05, 3.63) is 58.7 Å². The van der Waals surface area contributed by atoms with Crippen LogP contribution in [0.1, 0.15) is 6.92 Å². The summed E-state index contributed by atoms with van der Waals surface area (Å²) in [5.74, 6) is 0. The zero-order valence-corrected chi connectivity index (χ0v) is 17.8. The van der Waals surface area contributed by atoms with Gasteiger partial charge in [0.2, 0.25) is 0 Å². The topological polar surface area (TPSA) is 45.5 Å². The number of likely N-dealkylation sites (N-methyl/N-ethyl adjacent to an activating group) is 1.